The lowest BCUT2D eigenvalue weighted by atomic mass is 10.1. The van der Waals surface area contributed by atoms with E-state index in [-0.39, 0.29) is 11.4 Å². The maximum absolute atomic E-state index is 11.8. The van der Waals surface area contributed by atoms with Gasteiger partial charge in [-0.2, -0.15) is 0 Å². The van der Waals surface area contributed by atoms with Crippen LogP contribution < -0.4 is 5.32 Å². The molecule has 1 N–H and O–H groups in total. The number of benzene rings is 1. The van der Waals surface area contributed by atoms with E-state index in [2.05, 4.69) is 17.9 Å². The van der Waals surface area contributed by atoms with Crippen LogP contribution in [-0.4, -0.2) is 11.4 Å². The second-order valence-electron chi connectivity index (χ2n) is 4.37. The van der Waals surface area contributed by atoms with Crippen LogP contribution in [0.25, 0.3) is 0 Å². The van der Waals surface area contributed by atoms with Crippen LogP contribution in [0.2, 0.25) is 5.02 Å². The minimum Gasteiger partial charge on any atom is -0.347 e. The zero-order chi connectivity index (χ0) is 11.6. The molecule has 1 amide bonds. The Balaban J connectivity index is 2.96. The molecule has 0 aliphatic rings. The van der Waals surface area contributed by atoms with Crippen LogP contribution in [0.3, 0.4) is 0 Å². The number of hydrogen-bond donors (Lipinski definition) is 2. The number of thiol groups is 1. The quantitative estimate of drug-likeness (QED) is 0.729. The fraction of sp³-hybridized carbons (Fsp3) is 0.364. The molecule has 0 radical (unpaired) electrons. The Labute approximate surface area is 100 Å². The molecule has 1 aromatic carbocycles. The number of hydrogen-bond acceptors (Lipinski definition) is 2. The van der Waals surface area contributed by atoms with Crippen LogP contribution in [0, 0.1) is 0 Å². The Bertz CT molecular complexity index is 385. The van der Waals surface area contributed by atoms with Gasteiger partial charge in [0.25, 0.3) is 5.91 Å². The molecule has 0 saturated carbocycles. The monoisotopic (exact) mass is 243 g/mol. The molecule has 0 spiro atoms. The summed E-state index contributed by atoms with van der Waals surface area (Å²) >= 11 is 10.1. The summed E-state index contributed by atoms with van der Waals surface area (Å²) in [5, 5.41) is 3.29. The van der Waals surface area contributed by atoms with E-state index in [1.807, 2.05) is 20.8 Å². The van der Waals surface area contributed by atoms with Gasteiger partial charge in [-0.3, -0.25) is 4.79 Å². The summed E-state index contributed by atoms with van der Waals surface area (Å²) in [6.45, 7) is 5.76. The van der Waals surface area contributed by atoms with Gasteiger partial charge in [-0.15, -0.1) is 12.6 Å². The van der Waals surface area contributed by atoms with Crippen molar-refractivity contribution in [3.8, 4) is 0 Å². The molecular formula is C11H14ClNOS. The molecule has 0 unspecified atom stereocenters. The largest absolute Gasteiger partial charge is 0.347 e. The molecule has 2 nitrogen and oxygen atoms in total. The highest BCUT2D eigenvalue weighted by molar-refractivity contribution is 7.80. The first-order valence-corrected chi connectivity index (χ1v) is 5.43. The first kappa shape index (κ1) is 12.4. The van der Waals surface area contributed by atoms with Gasteiger partial charge in [-0.25, -0.2) is 0 Å². The summed E-state index contributed by atoms with van der Waals surface area (Å²) in [5.74, 6) is -0.177. The van der Waals surface area contributed by atoms with Crippen molar-refractivity contribution in [1.29, 1.82) is 0 Å². The van der Waals surface area contributed by atoms with Crippen molar-refractivity contribution in [3.05, 3.63) is 28.8 Å². The number of carbonyl (C=O) groups excluding carboxylic acids is 1. The van der Waals surface area contributed by atoms with E-state index in [1.54, 1.807) is 18.2 Å². The molecular weight excluding hydrogens is 230 g/mol. The third kappa shape index (κ3) is 3.76. The van der Waals surface area contributed by atoms with E-state index in [4.69, 9.17) is 11.6 Å². The number of nitrogens with one attached hydrogen (secondary N) is 1. The SMILES string of the molecule is CC(C)(C)NC(=O)c1cc(S)ccc1Cl. The van der Waals surface area contributed by atoms with Crippen LogP contribution >= 0.6 is 24.2 Å². The first-order chi connectivity index (χ1) is 6.79. The molecule has 0 aliphatic heterocycles. The highest BCUT2D eigenvalue weighted by atomic mass is 35.5. The van der Waals surface area contributed by atoms with E-state index < -0.39 is 0 Å². The normalized spacial score (nSPS) is 11.3. The molecule has 0 bridgehead atoms. The van der Waals surface area contributed by atoms with Gasteiger partial charge < -0.3 is 5.32 Å². The van der Waals surface area contributed by atoms with Crippen LogP contribution in [0.1, 0.15) is 31.1 Å². The predicted octanol–water partition coefficient (Wildman–Crippen LogP) is 3.16. The Morgan fingerprint density at radius 2 is 2.00 bits per heavy atom. The maximum atomic E-state index is 11.8. The van der Waals surface area contributed by atoms with E-state index in [9.17, 15) is 4.79 Å². The molecule has 0 saturated heterocycles. The number of amides is 1. The summed E-state index contributed by atoms with van der Waals surface area (Å²) in [7, 11) is 0. The third-order valence-electron chi connectivity index (χ3n) is 1.68. The smallest absolute Gasteiger partial charge is 0.253 e. The van der Waals surface area contributed by atoms with Crippen molar-refractivity contribution in [2.24, 2.45) is 0 Å². The van der Waals surface area contributed by atoms with Crippen molar-refractivity contribution < 1.29 is 4.79 Å². The number of halogens is 1. The van der Waals surface area contributed by atoms with Gasteiger partial charge >= 0.3 is 0 Å². The fourth-order valence-electron chi connectivity index (χ4n) is 1.10. The van der Waals surface area contributed by atoms with Crippen LogP contribution in [0.15, 0.2) is 23.1 Å². The molecule has 0 atom stereocenters. The van der Waals surface area contributed by atoms with Gasteiger partial charge in [-0.1, -0.05) is 11.6 Å². The molecule has 1 rings (SSSR count). The van der Waals surface area contributed by atoms with Gasteiger partial charge in [0.2, 0.25) is 0 Å². The van der Waals surface area contributed by atoms with Gasteiger partial charge in [-0.05, 0) is 39.0 Å². The minimum atomic E-state index is -0.271. The highest BCUT2D eigenvalue weighted by Gasteiger charge is 2.17. The fourth-order valence-corrected chi connectivity index (χ4v) is 1.50. The number of carbonyl (C=O) groups is 1. The zero-order valence-electron chi connectivity index (χ0n) is 8.97. The van der Waals surface area contributed by atoms with Crippen molar-refractivity contribution in [1.82, 2.24) is 5.32 Å². The third-order valence-corrected chi connectivity index (χ3v) is 2.29. The zero-order valence-corrected chi connectivity index (χ0v) is 10.6. The summed E-state index contributed by atoms with van der Waals surface area (Å²) in [6.07, 6.45) is 0. The summed E-state index contributed by atoms with van der Waals surface area (Å²) in [6, 6.07) is 5.08. The Hall–Kier alpha value is -0.670. The molecule has 0 heterocycles. The first-order valence-electron chi connectivity index (χ1n) is 4.60. The van der Waals surface area contributed by atoms with Crippen LogP contribution in [-0.2, 0) is 0 Å². The van der Waals surface area contributed by atoms with Gasteiger partial charge in [0.05, 0.1) is 10.6 Å². The lowest BCUT2D eigenvalue weighted by Gasteiger charge is -2.20. The summed E-state index contributed by atoms with van der Waals surface area (Å²) < 4.78 is 0. The molecule has 4 heteroatoms. The van der Waals surface area contributed by atoms with E-state index in [0.717, 1.165) is 4.90 Å². The topological polar surface area (TPSA) is 29.1 Å². The van der Waals surface area contributed by atoms with Crippen molar-refractivity contribution in [2.75, 3.05) is 0 Å². The van der Waals surface area contributed by atoms with Crippen molar-refractivity contribution in [3.63, 3.8) is 0 Å². The lowest BCUT2D eigenvalue weighted by molar-refractivity contribution is 0.0919. The average molecular weight is 244 g/mol. The maximum Gasteiger partial charge on any atom is 0.253 e. The van der Waals surface area contributed by atoms with E-state index in [0.29, 0.717) is 10.6 Å². The Morgan fingerprint density at radius 3 is 2.53 bits per heavy atom. The standard InChI is InChI=1S/C11H14ClNOS/c1-11(2,3)13-10(14)8-6-7(15)4-5-9(8)12/h4-6,15H,1-3H3,(H,13,14). The summed E-state index contributed by atoms with van der Waals surface area (Å²) in [5.41, 5.74) is 0.187. The van der Waals surface area contributed by atoms with Crippen molar-refractivity contribution in [2.45, 2.75) is 31.2 Å². The molecule has 82 valence electrons. The van der Waals surface area contributed by atoms with E-state index in [1.165, 1.54) is 0 Å². The average Bonchev–Trinajstić information content (AvgIpc) is 2.06. The van der Waals surface area contributed by atoms with Gasteiger partial charge in [0.1, 0.15) is 0 Å². The molecule has 0 aliphatic carbocycles. The Morgan fingerprint density at radius 1 is 1.40 bits per heavy atom. The molecule has 0 aromatic heterocycles. The van der Waals surface area contributed by atoms with E-state index >= 15 is 0 Å². The molecule has 0 fully saturated rings. The number of rotatable bonds is 1. The van der Waals surface area contributed by atoms with Gasteiger partial charge in [0, 0.05) is 10.4 Å². The second-order valence-corrected chi connectivity index (χ2v) is 5.29. The summed E-state index contributed by atoms with van der Waals surface area (Å²) in [4.78, 5) is 12.5. The lowest BCUT2D eigenvalue weighted by Crippen LogP contribution is -2.40. The van der Waals surface area contributed by atoms with Crippen LogP contribution in [0.5, 0.6) is 0 Å². The highest BCUT2D eigenvalue weighted by Crippen LogP contribution is 2.20. The Kier molecular flexibility index (Phi) is 3.68. The predicted molar refractivity (Wildman–Crippen MR) is 65.9 cm³/mol. The van der Waals surface area contributed by atoms with Gasteiger partial charge in [0.15, 0.2) is 0 Å². The molecule has 1 aromatic rings. The van der Waals surface area contributed by atoms with Crippen LogP contribution in [0.4, 0.5) is 0 Å². The second kappa shape index (κ2) is 4.45. The van der Waals surface area contributed by atoms with Crippen molar-refractivity contribution >= 4 is 30.1 Å². The minimum absolute atomic E-state index is 0.177. The molecule has 15 heavy (non-hydrogen) atoms.